The Hall–Kier alpha value is -6.99. The number of aromatic nitrogens is 2. The van der Waals surface area contributed by atoms with Crippen molar-refractivity contribution in [2.24, 2.45) is 4.99 Å². The van der Waals surface area contributed by atoms with E-state index in [4.69, 9.17) is 4.99 Å². The van der Waals surface area contributed by atoms with Crippen LogP contribution in [0.1, 0.15) is 211 Å². The minimum atomic E-state index is -2.07. The molecule has 5 aromatic carbocycles. The molecule has 88 heavy (non-hydrogen) atoms. The van der Waals surface area contributed by atoms with Gasteiger partial charge in [-0.25, -0.2) is 9.13 Å². The van der Waals surface area contributed by atoms with Crippen LogP contribution in [0.3, 0.4) is 0 Å². The van der Waals surface area contributed by atoms with Gasteiger partial charge in [0.05, 0.1) is 39.6 Å². The smallest absolute Gasteiger partial charge is 0.268 e. The first-order chi connectivity index (χ1) is 40.7. The van der Waals surface area contributed by atoms with Gasteiger partial charge in [-0.05, 0) is 149 Å². The van der Waals surface area contributed by atoms with Crippen LogP contribution < -0.4 is 27.4 Å². The quantitative estimate of drug-likeness (QED) is 0.0680. The van der Waals surface area contributed by atoms with Crippen LogP contribution in [-0.2, 0) is 34.7 Å². The highest BCUT2D eigenvalue weighted by Gasteiger charge is 2.43. The third kappa shape index (κ3) is 12.6. The van der Waals surface area contributed by atoms with Gasteiger partial charge in [-0.1, -0.05) is 214 Å². The van der Waals surface area contributed by atoms with Crippen molar-refractivity contribution in [1.29, 1.82) is 0 Å². The molecule has 0 unspecified atom stereocenters. The molecular weight excluding hydrogens is 1110 g/mol. The molecule has 8 rings (SSSR count). The molecule has 8 nitrogen and oxygen atoms in total. The zero-order chi connectivity index (χ0) is 65.3. The van der Waals surface area contributed by atoms with E-state index < -0.39 is 32.8 Å². The normalized spacial score (nSPS) is 13.3. The molecule has 0 saturated heterocycles. The van der Waals surface area contributed by atoms with E-state index in [1.54, 1.807) is 12.1 Å². The number of benzene rings is 6. The third-order valence-corrected chi connectivity index (χ3v) is 31.9. The summed E-state index contributed by atoms with van der Waals surface area (Å²) in [7, 11) is -4.14. The van der Waals surface area contributed by atoms with E-state index in [1.165, 1.54) is 20.3 Å². The van der Waals surface area contributed by atoms with Crippen molar-refractivity contribution in [3.63, 3.8) is 0 Å². The van der Waals surface area contributed by atoms with Crippen LogP contribution in [0.25, 0.3) is 44.0 Å². The number of hydrogen-bond acceptors (Lipinski definition) is 6. The van der Waals surface area contributed by atoms with Crippen molar-refractivity contribution in [2.75, 3.05) is 5.32 Å². The minimum absolute atomic E-state index is 0.155. The van der Waals surface area contributed by atoms with E-state index in [9.17, 15) is 5.11 Å². The van der Waals surface area contributed by atoms with Crippen LogP contribution >= 0.6 is 0 Å². The molecule has 1 aliphatic heterocycles. The first-order valence-electron chi connectivity index (χ1n) is 32.2. The molecule has 10 heteroatoms. The van der Waals surface area contributed by atoms with Crippen molar-refractivity contribution >= 4 is 43.4 Å². The fourth-order valence-electron chi connectivity index (χ4n) is 14.1. The largest absolute Gasteiger partial charge is 0.494 e. The first kappa shape index (κ1) is 67.0. The lowest BCUT2D eigenvalue weighted by atomic mass is 9.79. The highest BCUT2D eigenvalue weighted by atomic mass is 28.3. The summed E-state index contributed by atoms with van der Waals surface area (Å²) in [6.07, 6.45) is 0. The number of anilines is 1. The molecule has 0 fully saturated rings. The Kier molecular flexibility index (Phi) is 18.6. The fourth-order valence-corrected chi connectivity index (χ4v) is 24.5. The summed E-state index contributed by atoms with van der Waals surface area (Å²) in [6, 6.07) is 31.8. The summed E-state index contributed by atoms with van der Waals surface area (Å²) in [5, 5.41) is 18.0. The number of hydrogen-bond donors (Lipinski definition) is 2. The maximum atomic E-state index is 15.9. The van der Waals surface area contributed by atoms with Gasteiger partial charge in [-0.15, -0.1) is 11.1 Å². The molecule has 1 aromatic heterocycles. The van der Waals surface area contributed by atoms with Crippen molar-refractivity contribution < 1.29 is 5.11 Å². The Bertz CT molecular complexity index is 4150. The van der Waals surface area contributed by atoms with E-state index in [0.717, 1.165) is 33.4 Å². The molecule has 0 bridgehead atoms. The van der Waals surface area contributed by atoms with Crippen molar-refractivity contribution in [3.05, 3.63) is 178 Å². The molecule has 0 spiro atoms. The molecule has 0 atom stereocenters. The zero-order valence-corrected chi connectivity index (χ0v) is 59.6. The zero-order valence-electron chi connectivity index (χ0n) is 57.6. The predicted octanol–water partition coefficient (Wildman–Crippen LogP) is 18.4. The summed E-state index contributed by atoms with van der Waals surface area (Å²) >= 11 is 0. The van der Waals surface area contributed by atoms with Gasteiger partial charge in [0.2, 0.25) is 5.88 Å². The van der Waals surface area contributed by atoms with Crippen molar-refractivity contribution in [3.8, 4) is 51.3 Å². The van der Waals surface area contributed by atoms with E-state index in [0.29, 0.717) is 73.2 Å². The molecule has 0 amide bonds. The molecule has 1 aliphatic carbocycles. The second-order valence-corrected chi connectivity index (χ2v) is 42.4. The van der Waals surface area contributed by atoms with Gasteiger partial charge in [0.1, 0.15) is 16.1 Å². The number of nitrogens with zero attached hydrogens (tertiary/aromatic N) is 3. The molecule has 2 N–H and O–H groups in total. The summed E-state index contributed by atoms with van der Waals surface area (Å²) < 4.78 is 2.59. The van der Waals surface area contributed by atoms with Gasteiger partial charge < -0.3 is 10.4 Å². The van der Waals surface area contributed by atoms with Gasteiger partial charge in [-0.3, -0.25) is 19.4 Å². The number of pyridine rings is 2. The SMILES string of the molecule is CC(C)[Si](C#Cc1ccc(-n2c(O)c3cc(NCc4cc(C(C)(C)C)cc(C(C)(C)C)c4)c4c5c3c(c(=NCc3cc(C(C)(C)C)cc(C(C)(C)C)c3)cc-5c(=O)n(-c3ccc(C#C[Si](C(C)C)(C(C)C)C(C)C)cc3)c4=O)c2=O)cc1)(C(C)C)C(C)C. The van der Waals surface area contributed by atoms with Crippen LogP contribution in [0.15, 0.2) is 116 Å². The van der Waals surface area contributed by atoms with Gasteiger partial charge >= 0.3 is 0 Å². The molecule has 0 saturated carbocycles. The van der Waals surface area contributed by atoms with Crippen LogP contribution in [0.2, 0.25) is 33.2 Å². The summed E-state index contributed by atoms with van der Waals surface area (Å²) in [6.45, 7) is 54.6. The molecule has 6 aromatic rings. The molecule has 2 heterocycles. The van der Waals surface area contributed by atoms with E-state index >= 15 is 14.4 Å². The van der Waals surface area contributed by atoms with E-state index in [2.05, 4.69) is 231 Å². The lowest BCUT2D eigenvalue weighted by molar-refractivity contribution is 0.443. The Morgan fingerprint density at radius 3 is 1.23 bits per heavy atom. The van der Waals surface area contributed by atoms with Gasteiger partial charge in [-0.2, -0.15) is 0 Å². The lowest BCUT2D eigenvalue weighted by Gasteiger charge is -2.38. The summed E-state index contributed by atoms with van der Waals surface area (Å²) in [4.78, 5) is 52.9. The highest BCUT2D eigenvalue weighted by Crippen LogP contribution is 2.45. The molecule has 2 aliphatic rings. The monoisotopic (exact) mass is 1210 g/mol. The van der Waals surface area contributed by atoms with Crippen molar-refractivity contribution in [1.82, 2.24) is 9.13 Å². The molecule has 464 valence electrons. The number of rotatable bonds is 13. The van der Waals surface area contributed by atoms with Crippen molar-refractivity contribution in [2.45, 2.75) is 234 Å². The molecular formula is C78H100N4O4Si2. The van der Waals surface area contributed by atoms with Gasteiger partial charge in [0.25, 0.3) is 16.7 Å². The summed E-state index contributed by atoms with van der Waals surface area (Å²) in [5.41, 5.74) is 18.1. The van der Waals surface area contributed by atoms with Gasteiger partial charge in [0.15, 0.2) is 0 Å². The topological polar surface area (TPSA) is 106 Å². The van der Waals surface area contributed by atoms with E-state index in [-0.39, 0.29) is 55.8 Å². The van der Waals surface area contributed by atoms with Crippen LogP contribution in [0.5, 0.6) is 5.88 Å². The third-order valence-electron chi connectivity index (χ3n) is 19.3. The second kappa shape index (κ2) is 24.4. The Morgan fingerprint density at radius 1 is 0.466 bits per heavy atom. The van der Waals surface area contributed by atoms with Crippen LogP contribution in [-0.4, -0.2) is 30.4 Å². The van der Waals surface area contributed by atoms with E-state index in [1.807, 2.05) is 48.5 Å². The Labute approximate surface area is 528 Å². The maximum Gasteiger partial charge on any atom is 0.268 e. The summed E-state index contributed by atoms with van der Waals surface area (Å²) in [5.74, 6) is 6.78. The Balaban J connectivity index is 1.48. The fraction of sp³-hybridized carbons (Fsp3) is 0.462. The van der Waals surface area contributed by atoms with Crippen LogP contribution in [0.4, 0.5) is 5.69 Å². The standard InChI is InChI=1S/C78H100N4O4Si2/c1-47(2)87(48(3)4,49(5)6)35-33-53-25-29-61(30-26-53)81-71(83)63-43-66(80-46-56-39-59(77(19,20)21)42-60(40-56)78(22,23)24)70-68-64(72(84)82(74(70)86)62-31-27-54(28-32-62)34-36-88(50(7)8,51(9)10)52(11)12)44-65(69(67(63)68)73(81)85)79-45-55-37-57(75(13,14)15)41-58(38-55)76(16,17)18/h25-32,37-44,47-52,79,84H,45-46H2,1-24H3. The Morgan fingerprint density at radius 2 is 0.841 bits per heavy atom. The lowest BCUT2D eigenvalue weighted by Crippen LogP contribution is -2.43. The second-order valence-electron chi connectivity index (χ2n) is 31.2. The average Bonchev–Trinajstić information content (AvgIpc) is 0.741. The minimum Gasteiger partial charge on any atom is -0.494 e. The predicted molar refractivity (Wildman–Crippen MR) is 380 cm³/mol. The maximum absolute atomic E-state index is 15.9. The van der Waals surface area contributed by atoms with Gasteiger partial charge in [0, 0.05) is 39.7 Å². The molecule has 0 radical (unpaired) electrons. The number of aromatic hydroxyl groups is 1. The highest BCUT2D eigenvalue weighted by molar-refractivity contribution is 6.91. The van der Waals surface area contributed by atoms with Crippen LogP contribution in [0, 0.1) is 22.9 Å². The number of nitrogens with one attached hydrogen (secondary N) is 1. The first-order valence-corrected chi connectivity index (χ1v) is 36.7. The average molecular weight is 1210 g/mol.